The first-order valence-corrected chi connectivity index (χ1v) is 7.07. The number of hydrogen-bond donors (Lipinski definition) is 1. The van der Waals surface area contributed by atoms with E-state index in [1.807, 2.05) is 13.8 Å². The van der Waals surface area contributed by atoms with Crippen LogP contribution in [0, 0.1) is 0 Å². The zero-order chi connectivity index (χ0) is 16.3. The Kier molecular flexibility index (Phi) is 4.65. The van der Waals surface area contributed by atoms with Gasteiger partial charge in [-0.1, -0.05) is 0 Å². The standard InChI is InChI=1S/C15H20N4O3/c1-10(2)19-13(7-8-16-19)17-14(20)11(3)22-15(21)12-6-5-9-18(12)4/h5-11H,1-4H3,(H,17,20)/t11-/m1/s1. The van der Waals surface area contributed by atoms with Crippen LogP contribution in [0.1, 0.15) is 37.3 Å². The van der Waals surface area contributed by atoms with Gasteiger partial charge in [0.1, 0.15) is 11.5 Å². The summed E-state index contributed by atoms with van der Waals surface area (Å²) in [5.74, 6) is -0.362. The van der Waals surface area contributed by atoms with E-state index in [1.54, 1.807) is 46.9 Å². The van der Waals surface area contributed by atoms with E-state index in [-0.39, 0.29) is 6.04 Å². The first-order chi connectivity index (χ1) is 10.4. The van der Waals surface area contributed by atoms with Gasteiger partial charge in [0.15, 0.2) is 6.10 Å². The highest BCUT2D eigenvalue weighted by Crippen LogP contribution is 2.14. The van der Waals surface area contributed by atoms with Gasteiger partial charge in [0, 0.05) is 25.4 Å². The van der Waals surface area contributed by atoms with Gasteiger partial charge in [0.2, 0.25) is 0 Å². The number of aromatic nitrogens is 3. The summed E-state index contributed by atoms with van der Waals surface area (Å²) in [7, 11) is 1.74. The minimum absolute atomic E-state index is 0.117. The summed E-state index contributed by atoms with van der Waals surface area (Å²) in [6.45, 7) is 5.45. The second-order valence-corrected chi connectivity index (χ2v) is 5.30. The third-order valence-electron chi connectivity index (χ3n) is 3.22. The first-order valence-electron chi connectivity index (χ1n) is 7.07. The van der Waals surface area contributed by atoms with E-state index in [9.17, 15) is 9.59 Å². The highest BCUT2D eigenvalue weighted by atomic mass is 16.5. The first kappa shape index (κ1) is 15.8. The molecule has 118 valence electrons. The van der Waals surface area contributed by atoms with Gasteiger partial charge in [-0.15, -0.1) is 0 Å². The Morgan fingerprint density at radius 2 is 2.00 bits per heavy atom. The molecule has 1 atom stereocenters. The summed E-state index contributed by atoms with van der Waals surface area (Å²) in [5, 5.41) is 6.85. The molecule has 0 saturated heterocycles. The minimum Gasteiger partial charge on any atom is -0.448 e. The maximum absolute atomic E-state index is 12.1. The lowest BCUT2D eigenvalue weighted by atomic mass is 10.3. The predicted octanol–water partition coefficient (Wildman–Crippen LogP) is 1.99. The van der Waals surface area contributed by atoms with Crippen LogP contribution in [0.4, 0.5) is 5.82 Å². The summed E-state index contributed by atoms with van der Waals surface area (Å²) in [6.07, 6.45) is 2.44. The number of carbonyl (C=O) groups excluding carboxylic acids is 2. The molecule has 0 radical (unpaired) electrons. The number of aryl methyl sites for hydroxylation is 1. The Morgan fingerprint density at radius 3 is 2.59 bits per heavy atom. The van der Waals surface area contributed by atoms with Gasteiger partial charge < -0.3 is 14.6 Å². The molecule has 0 aliphatic heterocycles. The van der Waals surface area contributed by atoms with Crippen LogP contribution in [0.3, 0.4) is 0 Å². The lowest BCUT2D eigenvalue weighted by Crippen LogP contribution is -2.31. The van der Waals surface area contributed by atoms with Crippen molar-refractivity contribution in [3.8, 4) is 0 Å². The topological polar surface area (TPSA) is 78.2 Å². The van der Waals surface area contributed by atoms with Crippen molar-refractivity contribution in [2.24, 2.45) is 7.05 Å². The minimum atomic E-state index is -0.905. The van der Waals surface area contributed by atoms with E-state index in [2.05, 4.69) is 10.4 Å². The number of carbonyl (C=O) groups is 2. The van der Waals surface area contributed by atoms with Gasteiger partial charge in [-0.05, 0) is 32.9 Å². The average molecular weight is 304 g/mol. The smallest absolute Gasteiger partial charge is 0.355 e. The molecule has 1 amide bonds. The van der Waals surface area contributed by atoms with Gasteiger partial charge in [-0.2, -0.15) is 5.10 Å². The Labute approximate surface area is 128 Å². The number of amides is 1. The highest BCUT2D eigenvalue weighted by Gasteiger charge is 2.21. The third kappa shape index (κ3) is 3.36. The molecule has 0 spiro atoms. The molecule has 2 aromatic heterocycles. The fourth-order valence-corrected chi connectivity index (χ4v) is 2.00. The summed E-state index contributed by atoms with van der Waals surface area (Å²) in [4.78, 5) is 24.1. The maximum atomic E-state index is 12.1. The van der Waals surface area contributed by atoms with E-state index in [1.165, 1.54) is 6.92 Å². The van der Waals surface area contributed by atoms with Crippen molar-refractivity contribution in [2.45, 2.75) is 32.9 Å². The lowest BCUT2D eigenvalue weighted by Gasteiger charge is -2.15. The average Bonchev–Trinajstić information content (AvgIpc) is 3.07. The zero-order valence-electron chi connectivity index (χ0n) is 13.1. The summed E-state index contributed by atoms with van der Waals surface area (Å²) in [6, 6.07) is 5.19. The third-order valence-corrected chi connectivity index (χ3v) is 3.22. The van der Waals surface area contributed by atoms with Crippen LogP contribution >= 0.6 is 0 Å². The molecule has 1 N–H and O–H groups in total. The normalized spacial score (nSPS) is 12.2. The van der Waals surface area contributed by atoms with E-state index < -0.39 is 18.0 Å². The summed E-state index contributed by atoms with van der Waals surface area (Å²) in [5.41, 5.74) is 0.395. The molecule has 22 heavy (non-hydrogen) atoms. The monoisotopic (exact) mass is 304 g/mol. The second-order valence-electron chi connectivity index (χ2n) is 5.30. The molecule has 7 heteroatoms. The maximum Gasteiger partial charge on any atom is 0.355 e. The molecule has 0 aliphatic rings. The predicted molar refractivity (Wildman–Crippen MR) is 81.5 cm³/mol. The molecule has 0 unspecified atom stereocenters. The van der Waals surface area contributed by atoms with Crippen LogP contribution in [-0.2, 0) is 16.6 Å². The quantitative estimate of drug-likeness (QED) is 0.857. The van der Waals surface area contributed by atoms with Gasteiger partial charge >= 0.3 is 5.97 Å². The molecular formula is C15H20N4O3. The van der Waals surface area contributed by atoms with Crippen molar-refractivity contribution >= 4 is 17.7 Å². The van der Waals surface area contributed by atoms with Gasteiger partial charge in [-0.3, -0.25) is 4.79 Å². The molecule has 0 fully saturated rings. The molecule has 0 aliphatic carbocycles. The molecule has 0 bridgehead atoms. The number of ether oxygens (including phenoxy) is 1. The summed E-state index contributed by atoms with van der Waals surface area (Å²) < 4.78 is 8.51. The van der Waals surface area contributed by atoms with E-state index in [0.29, 0.717) is 11.5 Å². The van der Waals surface area contributed by atoms with Crippen molar-refractivity contribution in [1.82, 2.24) is 14.3 Å². The molecule has 2 heterocycles. The lowest BCUT2D eigenvalue weighted by molar-refractivity contribution is -0.123. The van der Waals surface area contributed by atoms with Crippen molar-refractivity contribution in [3.63, 3.8) is 0 Å². The fourth-order valence-electron chi connectivity index (χ4n) is 2.00. The number of anilines is 1. The van der Waals surface area contributed by atoms with Crippen molar-refractivity contribution < 1.29 is 14.3 Å². The zero-order valence-corrected chi connectivity index (χ0v) is 13.1. The van der Waals surface area contributed by atoms with Crippen LogP contribution in [0.25, 0.3) is 0 Å². The summed E-state index contributed by atoms with van der Waals surface area (Å²) >= 11 is 0. The van der Waals surface area contributed by atoms with Crippen LogP contribution in [0.15, 0.2) is 30.6 Å². The van der Waals surface area contributed by atoms with Crippen molar-refractivity contribution in [1.29, 1.82) is 0 Å². The van der Waals surface area contributed by atoms with E-state index in [4.69, 9.17) is 4.74 Å². The number of nitrogens with zero attached hydrogens (tertiary/aromatic N) is 3. The van der Waals surface area contributed by atoms with Gasteiger partial charge in [0.25, 0.3) is 5.91 Å². The van der Waals surface area contributed by atoms with Crippen LogP contribution < -0.4 is 5.32 Å². The molecule has 0 aromatic carbocycles. The van der Waals surface area contributed by atoms with Crippen molar-refractivity contribution in [3.05, 3.63) is 36.3 Å². The fraction of sp³-hybridized carbons (Fsp3) is 0.400. The van der Waals surface area contributed by atoms with Crippen LogP contribution in [0.5, 0.6) is 0 Å². The SMILES string of the molecule is CC(C)n1nccc1NC(=O)[C@@H](C)OC(=O)c1cccn1C. The largest absolute Gasteiger partial charge is 0.448 e. The Hall–Kier alpha value is -2.57. The van der Waals surface area contributed by atoms with E-state index >= 15 is 0 Å². The van der Waals surface area contributed by atoms with Gasteiger partial charge in [-0.25, -0.2) is 9.48 Å². The molecule has 0 saturated carbocycles. The van der Waals surface area contributed by atoms with Crippen LogP contribution in [0.2, 0.25) is 0 Å². The molecule has 7 nitrogen and oxygen atoms in total. The molecule has 2 aromatic rings. The van der Waals surface area contributed by atoms with Gasteiger partial charge in [0.05, 0.1) is 6.20 Å². The number of esters is 1. The highest BCUT2D eigenvalue weighted by molar-refractivity contribution is 5.96. The van der Waals surface area contributed by atoms with Crippen LogP contribution in [-0.4, -0.2) is 32.3 Å². The number of rotatable bonds is 5. The second kappa shape index (κ2) is 6.46. The Bertz CT molecular complexity index is 672. The number of hydrogen-bond acceptors (Lipinski definition) is 4. The van der Waals surface area contributed by atoms with Crippen molar-refractivity contribution in [2.75, 3.05) is 5.32 Å². The van der Waals surface area contributed by atoms with E-state index in [0.717, 1.165) is 0 Å². The molecule has 2 rings (SSSR count). The molecular weight excluding hydrogens is 284 g/mol. The Morgan fingerprint density at radius 1 is 1.27 bits per heavy atom. The number of nitrogens with one attached hydrogen (secondary N) is 1. The Balaban J connectivity index is 1.99.